The highest BCUT2D eigenvalue weighted by molar-refractivity contribution is 7.13. The van der Waals surface area contributed by atoms with Gasteiger partial charge in [-0.15, -0.1) is 11.3 Å². The Morgan fingerprint density at radius 2 is 2.00 bits per heavy atom. The van der Waals surface area contributed by atoms with Crippen LogP contribution in [0, 0.1) is 5.92 Å². The first-order valence-electron chi connectivity index (χ1n) is 8.48. The van der Waals surface area contributed by atoms with E-state index in [2.05, 4.69) is 15.6 Å². The third-order valence-corrected chi connectivity index (χ3v) is 5.36. The average molecular weight is 336 g/mol. The van der Waals surface area contributed by atoms with Crippen molar-refractivity contribution in [2.24, 2.45) is 5.92 Å². The lowest BCUT2D eigenvalue weighted by atomic mass is 9.95. The maximum absolute atomic E-state index is 12.4. The molecule has 2 heterocycles. The van der Waals surface area contributed by atoms with Gasteiger partial charge >= 0.3 is 6.03 Å². The Morgan fingerprint density at radius 1 is 1.17 bits per heavy atom. The molecule has 1 aliphatic carbocycles. The molecule has 2 N–H and O–H groups in total. The van der Waals surface area contributed by atoms with Crippen molar-refractivity contribution in [2.45, 2.75) is 51.0 Å². The summed E-state index contributed by atoms with van der Waals surface area (Å²) in [7, 11) is 0. The molecule has 1 aromatic heterocycles. The van der Waals surface area contributed by atoms with Gasteiger partial charge < -0.3 is 15.5 Å². The number of rotatable bonds is 3. The molecular weight excluding hydrogens is 312 g/mol. The van der Waals surface area contributed by atoms with Crippen molar-refractivity contribution in [3.8, 4) is 0 Å². The molecule has 0 spiro atoms. The summed E-state index contributed by atoms with van der Waals surface area (Å²) in [6.07, 6.45) is 9.19. The number of likely N-dealkylation sites (tertiary alicyclic amines) is 1. The second kappa shape index (κ2) is 7.77. The van der Waals surface area contributed by atoms with Crippen molar-refractivity contribution in [3.05, 3.63) is 11.6 Å². The van der Waals surface area contributed by atoms with Crippen molar-refractivity contribution < 1.29 is 9.59 Å². The molecular formula is C16H24N4O2S. The number of piperidine rings is 1. The predicted octanol–water partition coefficient (Wildman–Crippen LogP) is 2.84. The molecule has 7 heteroatoms. The minimum absolute atomic E-state index is 0.0105. The molecule has 0 unspecified atom stereocenters. The minimum atomic E-state index is -0.148. The first-order valence-corrected chi connectivity index (χ1v) is 9.36. The van der Waals surface area contributed by atoms with Crippen molar-refractivity contribution in [1.82, 2.24) is 15.2 Å². The molecule has 0 radical (unpaired) electrons. The van der Waals surface area contributed by atoms with Gasteiger partial charge in [0.05, 0.1) is 5.92 Å². The van der Waals surface area contributed by atoms with E-state index in [1.807, 2.05) is 5.38 Å². The van der Waals surface area contributed by atoms with Crippen LogP contribution in [0.15, 0.2) is 11.6 Å². The van der Waals surface area contributed by atoms with Crippen molar-refractivity contribution >= 4 is 28.4 Å². The Kier molecular flexibility index (Phi) is 5.48. The number of nitrogens with zero attached hydrogens (tertiary/aromatic N) is 2. The number of nitrogens with one attached hydrogen (secondary N) is 2. The Hall–Kier alpha value is -1.63. The average Bonchev–Trinajstić information content (AvgIpc) is 3.09. The summed E-state index contributed by atoms with van der Waals surface area (Å²) in [6, 6.07) is 0.296. The van der Waals surface area contributed by atoms with Crippen LogP contribution < -0.4 is 10.6 Å². The van der Waals surface area contributed by atoms with Gasteiger partial charge in [0, 0.05) is 30.7 Å². The van der Waals surface area contributed by atoms with Gasteiger partial charge in [-0.2, -0.15) is 0 Å². The number of carbonyl (C=O) groups excluding carboxylic acids is 2. The van der Waals surface area contributed by atoms with Crippen LogP contribution in [0.4, 0.5) is 9.93 Å². The van der Waals surface area contributed by atoms with E-state index in [-0.39, 0.29) is 17.9 Å². The number of hydrogen-bond donors (Lipinski definition) is 2. The normalized spacial score (nSPS) is 22.6. The first kappa shape index (κ1) is 16.2. The zero-order valence-corrected chi connectivity index (χ0v) is 14.1. The maximum Gasteiger partial charge on any atom is 0.317 e. The fraction of sp³-hybridized carbons (Fsp3) is 0.688. The standard InChI is InChI=1S/C16H24N4O2S/c21-14(19-15-17-8-10-23-15)12-5-4-9-20(11-12)16(22)18-13-6-2-1-3-7-13/h8,10,12-13H,1-7,9,11H2,(H,18,22)(H,17,19,21)/t12-/m1/s1. The van der Waals surface area contributed by atoms with Gasteiger partial charge in [-0.3, -0.25) is 4.79 Å². The molecule has 1 atom stereocenters. The second-order valence-electron chi connectivity index (χ2n) is 6.40. The highest BCUT2D eigenvalue weighted by atomic mass is 32.1. The third-order valence-electron chi connectivity index (χ3n) is 4.67. The summed E-state index contributed by atoms with van der Waals surface area (Å²) < 4.78 is 0. The van der Waals surface area contributed by atoms with Crippen molar-refractivity contribution in [3.63, 3.8) is 0 Å². The van der Waals surface area contributed by atoms with Crippen molar-refractivity contribution in [1.29, 1.82) is 0 Å². The van der Waals surface area contributed by atoms with E-state index in [0.717, 1.165) is 32.2 Å². The van der Waals surface area contributed by atoms with Crippen LogP contribution in [0.25, 0.3) is 0 Å². The summed E-state index contributed by atoms with van der Waals surface area (Å²) in [4.78, 5) is 30.6. The smallest absolute Gasteiger partial charge is 0.317 e. The van der Waals surface area contributed by atoms with Crippen LogP contribution in [-0.4, -0.2) is 41.0 Å². The summed E-state index contributed by atoms with van der Waals surface area (Å²) in [6.45, 7) is 1.23. The molecule has 126 valence electrons. The maximum atomic E-state index is 12.4. The lowest BCUT2D eigenvalue weighted by molar-refractivity contribution is -0.121. The van der Waals surface area contributed by atoms with Gasteiger partial charge in [-0.1, -0.05) is 19.3 Å². The topological polar surface area (TPSA) is 74.3 Å². The molecule has 1 saturated heterocycles. The van der Waals surface area contributed by atoms with Crippen LogP contribution in [0.5, 0.6) is 0 Å². The zero-order valence-electron chi connectivity index (χ0n) is 13.3. The Labute approximate surface area is 140 Å². The van der Waals surface area contributed by atoms with E-state index in [9.17, 15) is 9.59 Å². The van der Waals surface area contributed by atoms with Crippen LogP contribution >= 0.6 is 11.3 Å². The number of amides is 3. The molecule has 0 bridgehead atoms. The molecule has 1 aromatic rings. The van der Waals surface area contributed by atoms with Crippen molar-refractivity contribution in [2.75, 3.05) is 18.4 Å². The van der Waals surface area contributed by atoms with Gasteiger partial charge in [0.1, 0.15) is 0 Å². The molecule has 3 amide bonds. The zero-order chi connectivity index (χ0) is 16.1. The number of carbonyl (C=O) groups is 2. The fourth-order valence-electron chi connectivity index (χ4n) is 3.38. The molecule has 6 nitrogen and oxygen atoms in total. The van der Waals surface area contributed by atoms with E-state index in [1.165, 1.54) is 30.6 Å². The number of thiazole rings is 1. The minimum Gasteiger partial charge on any atom is -0.335 e. The first-order chi connectivity index (χ1) is 11.2. The van der Waals surface area contributed by atoms with E-state index < -0.39 is 0 Å². The van der Waals surface area contributed by atoms with Crippen LogP contribution in [0.3, 0.4) is 0 Å². The molecule has 1 saturated carbocycles. The highest BCUT2D eigenvalue weighted by Crippen LogP contribution is 2.21. The third kappa shape index (κ3) is 4.43. The molecule has 3 rings (SSSR count). The number of aromatic nitrogens is 1. The quantitative estimate of drug-likeness (QED) is 0.891. The highest BCUT2D eigenvalue weighted by Gasteiger charge is 2.29. The van der Waals surface area contributed by atoms with Gasteiger partial charge in [-0.05, 0) is 25.7 Å². The molecule has 1 aliphatic heterocycles. The lowest BCUT2D eigenvalue weighted by Gasteiger charge is -2.34. The second-order valence-corrected chi connectivity index (χ2v) is 7.29. The Balaban J connectivity index is 1.50. The summed E-state index contributed by atoms with van der Waals surface area (Å²) >= 11 is 1.41. The van der Waals surface area contributed by atoms with Gasteiger partial charge in [0.25, 0.3) is 0 Å². The molecule has 2 aliphatic rings. The fourth-order valence-corrected chi connectivity index (χ4v) is 3.91. The van der Waals surface area contributed by atoms with Gasteiger partial charge in [0.15, 0.2) is 5.13 Å². The van der Waals surface area contributed by atoms with E-state index in [1.54, 1.807) is 11.1 Å². The van der Waals surface area contributed by atoms with Gasteiger partial charge in [0.2, 0.25) is 5.91 Å². The van der Waals surface area contributed by atoms with Crippen LogP contribution in [0.1, 0.15) is 44.9 Å². The molecule has 0 aromatic carbocycles. The largest absolute Gasteiger partial charge is 0.335 e. The monoisotopic (exact) mass is 336 g/mol. The van der Waals surface area contributed by atoms with E-state index >= 15 is 0 Å². The number of anilines is 1. The SMILES string of the molecule is O=C(Nc1nccs1)[C@@H]1CCCN(C(=O)NC2CCCCC2)C1. The van der Waals surface area contributed by atoms with Crippen LogP contribution in [-0.2, 0) is 4.79 Å². The molecule has 23 heavy (non-hydrogen) atoms. The number of hydrogen-bond acceptors (Lipinski definition) is 4. The Morgan fingerprint density at radius 3 is 2.74 bits per heavy atom. The van der Waals surface area contributed by atoms with E-state index in [4.69, 9.17) is 0 Å². The number of urea groups is 1. The summed E-state index contributed by atoms with van der Waals surface area (Å²) in [5.74, 6) is -0.181. The Bertz CT molecular complexity index is 528. The summed E-state index contributed by atoms with van der Waals surface area (Å²) in [5, 5.41) is 8.44. The van der Waals surface area contributed by atoms with E-state index in [0.29, 0.717) is 17.7 Å². The summed E-state index contributed by atoms with van der Waals surface area (Å²) in [5.41, 5.74) is 0. The van der Waals surface area contributed by atoms with Crippen LogP contribution in [0.2, 0.25) is 0 Å². The molecule has 2 fully saturated rings. The lowest BCUT2D eigenvalue weighted by Crippen LogP contribution is -2.50. The predicted molar refractivity (Wildman–Crippen MR) is 90.4 cm³/mol. The van der Waals surface area contributed by atoms with Gasteiger partial charge in [-0.25, -0.2) is 9.78 Å².